The van der Waals surface area contributed by atoms with E-state index in [9.17, 15) is 0 Å². The number of nitrogens with one attached hydrogen (secondary N) is 1. The molecule has 1 aromatic carbocycles. The van der Waals surface area contributed by atoms with Gasteiger partial charge in [-0.2, -0.15) is 0 Å². The van der Waals surface area contributed by atoms with Crippen molar-refractivity contribution < 1.29 is 0 Å². The lowest BCUT2D eigenvalue weighted by atomic mass is 10.2. The summed E-state index contributed by atoms with van der Waals surface area (Å²) < 4.78 is 2.12. The molecule has 0 amide bonds. The van der Waals surface area contributed by atoms with Gasteiger partial charge in [-0.05, 0) is 12.5 Å². The molecule has 0 bridgehead atoms. The molecule has 0 saturated heterocycles. The molecule has 3 rings (SSSR count). The third kappa shape index (κ3) is 4.02. The Bertz CT molecular complexity index is 676. The molecule has 0 radical (unpaired) electrons. The maximum Gasteiger partial charge on any atom is 0.123 e. The highest BCUT2D eigenvalue weighted by molar-refractivity contribution is 7.15. The fraction of sp³-hybridized carbons (Fsp3) is 0.294. The van der Waals surface area contributed by atoms with E-state index >= 15 is 0 Å². The topological polar surface area (TPSA) is 42.7 Å². The molecular weight excluding hydrogens is 292 g/mol. The number of hydrogen-bond acceptors (Lipinski definition) is 4. The van der Waals surface area contributed by atoms with Gasteiger partial charge in [0.2, 0.25) is 0 Å². The largest absolute Gasteiger partial charge is 0.337 e. The van der Waals surface area contributed by atoms with E-state index in [0.29, 0.717) is 5.92 Å². The molecule has 0 aliphatic heterocycles. The molecule has 0 fully saturated rings. The summed E-state index contributed by atoms with van der Waals surface area (Å²) in [7, 11) is 0. The Morgan fingerprint density at radius 3 is 2.91 bits per heavy atom. The molecular formula is C17H20N4S. The van der Waals surface area contributed by atoms with Crippen molar-refractivity contribution >= 4 is 11.3 Å². The Kier molecular flexibility index (Phi) is 4.98. The minimum atomic E-state index is 0.565. The number of benzene rings is 1. The standard InChI is InChI=1S/C17H20N4S/c1-14(12-21-8-7-18-13-21)9-19-10-16-11-20-17(22-16)15-5-3-2-4-6-15/h2-8,11,13-14,19H,9-10,12H2,1H3. The summed E-state index contributed by atoms with van der Waals surface area (Å²) in [6, 6.07) is 10.3. The number of aromatic nitrogens is 3. The number of rotatable bonds is 7. The van der Waals surface area contributed by atoms with Crippen LogP contribution in [0.2, 0.25) is 0 Å². The van der Waals surface area contributed by atoms with E-state index in [1.807, 2.05) is 43.1 Å². The number of hydrogen-bond donors (Lipinski definition) is 1. The normalized spacial score (nSPS) is 12.4. The van der Waals surface area contributed by atoms with Crippen LogP contribution in [0.3, 0.4) is 0 Å². The average molecular weight is 312 g/mol. The van der Waals surface area contributed by atoms with E-state index < -0.39 is 0 Å². The van der Waals surface area contributed by atoms with Crippen LogP contribution >= 0.6 is 11.3 Å². The highest BCUT2D eigenvalue weighted by atomic mass is 32.1. The van der Waals surface area contributed by atoms with Crippen LogP contribution in [0.5, 0.6) is 0 Å². The lowest BCUT2D eigenvalue weighted by molar-refractivity contribution is 0.446. The summed E-state index contributed by atoms with van der Waals surface area (Å²) >= 11 is 1.75. The van der Waals surface area contributed by atoms with Gasteiger partial charge in [0.15, 0.2) is 0 Å². The van der Waals surface area contributed by atoms with Crippen molar-refractivity contribution in [3.8, 4) is 10.6 Å². The van der Waals surface area contributed by atoms with E-state index in [2.05, 4.69) is 38.9 Å². The van der Waals surface area contributed by atoms with E-state index in [4.69, 9.17) is 0 Å². The van der Waals surface area contributed by atoms with Gasteiger partial charge in [0.1, 0.15) is 5.01 Å². The second-order valence-electron chi connectivity index (χ2n) is 5.49. The Morgan fingerprint density at radius 1 is 1.27 bits per heavy atom. The number of imidazole rings is 1. The van der Waals surface area contributed by atoms with Crippen LogP contribution in [0.25, 0.3) is 10.6 Å². The van der Waals surface area contributed by atoms with E-state index in [0.717, 1.165) is 24.6 Å². The zero-order valence-corrected chi connectivity index (χ0v) is 13.5. The Hall–Kier alpha value is -1.98. The molecule has 5 heteroatoms. The van der Waals surface area contributed by atoms with Crippen molar-refractivity contribution in [1.29, 1.82) is 0 Å². The monoisotopic (exact) mass is 312 g/mol. The fourth-order valence-electron chi connectivity index (χ4n) is 2.36. The summed E-state index contributed by atoms with van der Waals surface area (Å²) in [6.07, 6.45) is 7.67. The minimum Gasteiger partial charge on any atom is -0.337 e. The zero-order valence-electron chi connectivity index (χ0n) is 12.6. The van der Waals surface area contributed by atoms with Crippen LogP contribution < -0.4 is 5.32 Å². The van der Waals surface area contributed by atoms with Gasteiger partial charge in [-0.1, -0.05) is 37.3 Å². The molecule has 2 heterocycles. The second kappa shape index (κ2) is 7.33. The fourth-order valence-corrected chi connectivity index (χ4v) is 3.25. The highest BCUT2D eigenvalue weighted by Gasteiger charge is 2.06. The van der Waals surface area contributed by atoms with Gasteiger partial charge in [0.05, 0.1) is 6.33 Å². The predicted octanol–water partition coefficient (Wildman–Crippen LogP) is 3.43. The highest BCUT2D eigenvalue weighted by Crippen LogP contribution is 2.24. The molecule has 3 aromatic rings. The third-order valence-electron chi connectivity index (χ3n) is 3.45. The molecule has 114 valence electrons. The zero-order chi connectivity index (χ0) is 15.2. The molecule has 1 N–H and O–H groups in total. The number of thiazole rings is 1. The smallest absolute Gasteiger partial charge is 0.123 e. The van der Waals surface area contributed by atoms with Crippen LogP contribution in [0.4, 0.5) is 0 Å². The second-order valence-corrected chi connectivity index (χ2v) is 6.61. The number of nitrogens with zero attached hydrogens (tertiary/aromatic N) is 3. The lowest BCUT2D eigenvalue weighted by Gasteiger charge is -2.12. The molecule has 1 unspecified atom stereocenters. The first-order valence-corrected chi connectivity index (χ1v) is 8.29. The SMILES string of the molecule is CC(CNCc1cnc(-c2ccccc2)s1)Cn1ccnc1. The van der Waals surface area contributed by atoms with Gasteiger partial charge in [0, 0.05) is 42.1 Å². The Balaban J connectivity index is 1.47. The van der Waals surface area contributed by atoms with Crippen molar-refractivity contribution in [2.45, 2.75) is 20.0 Å². The maximum absolute atomic E-state index is 4.51. The van der Waals surface area contributed by atoms with Gasteiger partial charge < -0.3 is 9.88 Å². The van der Waals surface area contributed by atoms with Crippen molar-refractivity contribution in [3.05, 3.63) is 60.1 Å². The van der Waals surface area contributed by atoms with Crippen molar-refractivity contribution in [3.63, 3.8) is 0 Å². The first-order valence-electron chi connectivity index (χ1n) is 7.48. The minimum absolute atomic E-state index is 0.565. The van der Waals surface area contributed by atoms with Crippen molar-refractivity contribution in [2.75, 3.05) is 6.54 Å². The van der Waals surface area contributed by atoms with E-state index in [1.54, 1.807) is 11.3 Å². The van der Waals surface area contributed by atoms with Gasteiger partial charge in [-0.25, -0.2) is 9.97 Å². The van der Waals surface area contributed by atoms with E-state index in [1.165, 1.54) is 10.4 Å². The molecule has 0 saturated carbocycles. The summed E-state index contributed by atoms with van der Waals surface area (Å²) in [5.41, 5.74) is 1.19. The van der Waals surface area contributed by atoms with E-state index in [-0.39, 0.29) is 0 Å². The molecule has 2 aromatic heterocycles. The molecule has 4 nitrogen and oxygen atoms in total. The summed E-state index contributed by atoms with van der Waals surface area (Å²) in [5, 5.41) is 4.60. The van der Waals surface area contributed by atoms with Gasteiger partial charge in [-0.15, -0.1) is 11.3 Å². The maximum atomic E-state index is 4.51. The third-order valence-corrected chi connectivity index (χ3v) is 4.49. The molecule has 0 aliphatic rings. The van der Waals surface area contributed by atoms with Crippen molar-refractivity contribution in [2.24, 2.45) is 5.92 Å². The van der Waals surface area contributed by atoms with Gasteiger partial charge in [-0.3, -0.25) is 0 Å². The Labute approximate surface area is 134 Å². The summed E-state index contributed by atoms with van der Waals surface area (Å²) in [6.45, 7) is 5.09. The van der Waals surface area contributed by atoms with Crippen LogP contribution in [0.1, 0.15) is 11.8 Å². The van der Waals surface area contributed by atoms with Crippen molar-refractivity contribution in [1.82, 2.24) is 19.9 Å². The lowest BCUT2D eigenvalue weighted by Crippen LogP contribution is -2.23. The van der Waals surface area contributed by atoms with Crippen LogP contribution in [-0.4, -0.2) is 21.1 Å². The predicted molar refractivity (Wildman–Crippen MR) is 90.6 cm³/mol. The first kappa shape index (κ1) is 14.9. The average Bonchev–Trinajstić information content (AvgIpc) is 3.20. The van der Waals surface area contributed by atoms with Crippen LogP contribution in [0, 0.1) is 5.92 Å². The summed E-state index contributed by atoms with van der Waals surface area (Å²) in [4.78, 5) is 9.85. The quantitative estimate of drug-likeness (QED) is 0.727. The van der Waals surface area contributed by atoms with Gasteiger partial charge >= 0.3 is 0 Å². The molecule has 0 aliphatic carbocycles. The summed E-state index contributed by atoms with van der Waals surface area (Å²) in [5.74, 6) is 0.565. The van der Waals surface area contributed by atoms with Crippen LogP contribution in [0.15, 0.2) is 55.2 Å². The van der Waals surface area contributed by atoms with Crippen LogP contribution in [-0.2, 0) is 13.1 Å². The first-order chi connectivity index (χ1) is 10.8. The molecule has 22 heavy (non-hydrogen) atoms. The van der Waals surface area contributed by atoms with Gasteiger partial charge in [0.25, 0.3) is 0 Å². The Morgan fingerprint density at radius 2 is 2.14 bits per heavy atom. The molecule has 1 atom stereocenters. The molecule has 0 spiro atoms.